The molecule has 34 heteroatoms. The number of hydrogen-bond acceptors (Lipinski definition) is 19. The number of phenolic OH excluding ortho intramolecular Hbond substituents is 1. The maximum Gasteiger partial charge on any atom is 0.326 e. The first-order valence-electron chi connectivity index (χ1n) is 30.6. The van der Waals surface area contributed by atoms with E-state index in [4.69, 9.17) is 28.7 Å². The summed E-state index contributed by atoms with van der Waals surface area (Å²) < 4.78 is 0. The predicted molar refractivity (Wildman–Crippen MR) is 333 cm³/mol. The largest absolute Gasteiger partial charge is 0.508 e. The molecule has 1 aromatic rings. The monoisotopic (exact) mass is 1320 g/mol. The number of primary amides is 3. The number of aliphatic hydroxyl groups excluding tert-OH is 1. The molecule has 1 rings (SSSR count). The molecule has 0 bridgehead atoms. The van der Waals surface area contributed by atoms with E-state index in [9.17, 15) is 92.3 Å². The molecule has 0 aliphatic carbocycles. The first-order valence-corrected chi connectivity index (χ1v) is 30.6. The van der Waals surface area contributed by atoms with E-state index in [1.165, 1.54) is 24.3 Å². The van der Waals surface area contributed by atoms with E-state index in [1.807, 2.05) is 0 Å². The van der Waals surface area contributed by atoms with E-state index < -0.39 is 212 Å². The molecule has 522 valence electrons. The number of rotatable bonds is 45. The van der Waals surface area contributed by atoms with Crippen molar-refractivity contribution in [3.05, 3.63) is 29.8 Å². The van der Waals surface area contributed by atoms with Gasteiger partial charge >= 0.3 is 11.9 Å². The minimum absolute atomic E-state index is 0.0290. The summed E-state index contributed by atoms with van der Waals surface area (Å²) in [4.78, 5) is 199. The zero-order valence-electron chi connectivity index (χ0n) is 53.9. The van der Waals surface area contributed by atoms with Gasteiger partial charge in [-0.2, -0.15) is 0 Å². The fourth-order valence-corrected chi connectivity index (χ4v) is 9.19. The maximum atomic E-state index is 14.4. The number of unbranched alkanes of at least 4 members (excludes halogenated alkanes) is 1. The summed E-state index contributed by atoms with van der Waals surface area (Å²) >= 11 is 0. The van der Waals surface area contributed by atoms with Crippen LogP contribution >= 0.6 is 0 Å². The lowest BCUT2D eigenvalue weighted by atomic mass is 9.99. The first-order chi connectivity index (χ1) is 43.4. The number of nitrogens with one attached hydrogen (secondary N) is 10. The Balaban J connectivity index is 3.71. The fraction of sp³-hybridized carbons (Fsp3) is 0.644. The van der Waals surface area contributed by atoms with E-state index >= 15 is 0 Å². The van der Waals surface area contributed by atoms with Crippen LogP contribution in [0.15, 0.2) is 24.3 Å². The minimum Gasteiger partial charge on any atom is -0.508 e. The summed E-state index contributed by atoms with van der Waals surface area (Å²) in [5, 5.41) is 63.5. The van der Waals surface area contributed by atoms with Gasteiger partial charge in [-0.3, -0.25) is 67.1 Å². The van der Waals surface area contributed by atoms with Crippen molar-refractivity contribution < 1.29 is 92.3 Å². The van der Waals surface area contributed by atoms with Crippen molar-refractivity contribution in [2.75, 3.05) is 13.2 Å². The van der Waals surface area contributed by atoms with Crippen LogP contribution in [0.4, 0.5) is 0 Å². The number of carboxylic acid groups (broad SMARTS) is 2. The highest BCUT2D eigenvalue weighted by Crippen LogP contribution is 2.16. The van der Waals surface area contributed by atoms with E-state index in [-0.39, 0.29) is 74.6 Å². The highest BCUT2D eigenvalue weighted by atomic mass is 16.4. The maximum absolute atomic E-state index is 14.4. The van der Waals surface area contributed by atoms with Crippen LogP contribution in [-0.2, 0) is 78.3 Å². The summed E-state index contributed by atoms with van der Waals surface area (Å²) in [6, 6.07) is -12.4. The number of aromatic hydroxyl groups is 1. The summed E-state index contributed by atoms with van der Waals surface area (Å²) in [5.41, 5.74) is 28.2. The van der Waals surface area contributed by atoms with Gasteiger partial charge in [0.25, 0.3) is 0 Å². The smallest absolute Gasteiger partial charge is 0.326 e. The second kappa shape index (κ2) is 41.4. The normalized spacial score (nSPS) is 14.8. The number of nitrogens with two attached hydrogens (primary N) is 5. The van der Waals surface area contributed by atoms with E-state index in [1.54, 1.807) is 55.4 Å². The molecule has 0 saturated heterocycles. The van der Waals surface area contributed by atoms with Crippen molar-refractivity contribution in [2.45, 2.75) is 205 Å². The van der Waals surface area contributed by atoms with E-state index in [0.717, 1.165) is 0 Å². The lowest BCUT2D eigenvalue weighted by Gasteiger charge is -2.29. The van der Waals surface area contributed by atoms with Crippen LogP contribution in [0.1, 0.15) is 138 Å². The topological polar surface area (TPSA) is 587 Å². The number of aliphatic hydroxyl groups is 1. The Hall–Kier alpha value is -9.05. The molecular formula is C59H97N15O19. The van der Waals surface area contributed by atoms with Crippen LogP contribution in [0, 0.1) is 23.7 Å². The SMILES string of the molecule is CC(C)C[C@H](NC(=O)[C@H](CC(N)=O)NC(=O)[C@H](CO)NC(=O)[C@H](CCC(N)=O)NC(=O)[C@@H](N)CC(C)C)C(=O)N[C@@H](CCCCN)C(=O)N[C@@H](CCC(=O)O)C(=O)N[C@@H](Cc1ccc(O)cc1)C(=O)N[C@@H](CC(N)=O)C(=O)N[C@@H](CC(C)C)C(=O)N[C@H](C(=O)O)C(C)C. The van der Waals surface area contributed by atoms with Crippen LogP contribution in [0.2, 0.25) is 0 Å². The van der Waals surface area contributed by atoms with Gasteiger partial charge in [0.15, 0.2) is 0 Å². The highest BCUT2D eigenvalue weighted by Gasteiger charge is 2.38. The molecule has 13 amide bonds. The molecule has 34 nitrogen and oxygen atoms in total. The van der Waals surface area contributed by atoms with Crippen molar-refractivity contribution in [1.29, 1.82) is 0 Å². The number of amides is 13. The van der Waals surface area contributed by atoms with Gasteiger partial charge in [0, 0.05) is 19.3 Å². The van der Waals surface area contributed by atoms with Crippen LogP contribution in [0.25, 0.3) is 0 Å². The summed E-state index contributed by atoms with van der Waals surface area (Å²) in [5.74, 6) is -18.2. The quantitative estimate of drug-likeness (QED) is 0.0272. The summed E-state index contributed by atoms with van der Waals surface area (Å²) in [7, 11) is 0. The minimum atomic E-state index is -1.89. The third kappa shape index (κ3) is 32.2. The zero-order valence-corrected chi connectivity index (χ0v) is 53.9. The highest BCUT2D eigenvalue weighted by molar-refractivity contribution is 6.00. The molecule has 0 saturated carbocycles. The Labute approximate surface area is 539 Å². The van der Waals surface area contributed by atoms with Crippen LogP contribution in [0.3, 0.4) is 0 Å². The number of phenols is 1. The molecule has 0 unspecified atom stereocenters. The van der Waals surface area contributed by atoms with Gasteiger partial charge in [-0.25, -0.2) is 4.79 Å². The average Bonchev–Trinajstić information content (AvgIpc) is 0.942. The van der Waals surface area contributed by atoms with Gasteiger partial charge < -0.3 is 102 Å². The number of aliphatic carboxylic acids is 2. The Morgan fingerprint density at radius 3 is 1.17 bits per heavy atom. The molecule has 0 spiro atoms. The molecule has 0 radical (unpaired) electrons. The number of benzene rings is 1. The second-order valence-electron chi connectivity index (χ2n) is 24.2. The van der Waals surface area contributed by atoms with Crippen molar-refractivity contribution in [3.63, 3.8) is 0 Å². The third-order valence-corrected chi connectivity index (χ3v) is 14.0. The molecule has 0 aliphatic heterocycles. The third-order valence-electron chi connectivity index (χ3n) is 14.0. The molecule has 0 aliphatic rings. The predicted octanol–water partition coefficient (Wildman–Crippen LogP) is -5.01. The van der Waals surface area contributed by atoms with Crippen molar-refractivity contribution >= 4 is 88.7 Å². The molecular weight excluding hydrogens is 1220 g/mol. The van der Waals surface area contributed by atoms with Gasteiger partial charge in [-0.1, -0.05) is 67.5 Å². The Morgan fingerprint density at radius 2 is 0.774 bits per heavy atom. The Kier molecular flexibility index (Phi) is 36.5. The molecule has 11 atom stereocenters. The van der Waals surface area contributed by atoms with Gasteiger partial charge in [-0.15, -0.1) is 0 Å². The van der Waals surface area contributed by atoms with Crippen molar-refractivity contribution in [3.8, 4) is 5.75 Å². The summed E-state index contributed by atoms with van der Waals surface area (Å²) in [6.45, 7) is 12.4. The summed E-state index contributed by atoms with van der Waals surface area (Å²) in [6.07, 6.45) is -4.14. The first kappa shape index (κ1) is 82.0. The number of hydrogen-bond donors (Lipinski definition) is 19. The van der Waals surface area contributed by atoms with Gasteiger partial charge in [-0.05, 0) is 99.3 Å². The second-order valence-corrected chi connectivity index (χ2v) is 24.2. The molecule has 1 aromatic carbocycles. The van der Waals surface area contributed by atoms with E-state index in [2.05, 4.69) is 53.2 Å². The molecule has 0 heterocycles. The number of carbonyl (C=O) groups excluding carboxylic acids is 13. The Bertz CT molecular complexity index is 2750. The van der Waals surface area contributed by atoms with Crippen molar-refractivity contribution in [2.24, 2.45) is 52.3 Å². The van der Waals surface area contributed by atoms with Gasteiger partial charge in [0.05, 0.1) is 25.5 Å². The van der Waals surface area contributed by atoms with Crippen molar-refractivity contribution in [1.82, 2.24) is 53.2 Å². The lowest BCUT2D eigenvalue weighted by molar-refractivity contribution is -0.143. The zero-order chi connectivity index (χ0) is 71.0. The van der Waals surface area contributed by atoms with Crippen LogP contribution in [-0.4, -0.2) is 189 Å². The Morgan fingerprint density at radius 1 is 0.419 bits per heavy atom. The number of carbonyl (C=O) groups is 15. The standard InChI is InChI=1S/C59H97N15O19/c1-28(2)21-34(61)49(82)65-36(16-18-44(62)77)52(85)73-43(27-75)58(91)72-42(26-46(64)79)56(89)68-38(22-29(3)4)53(86)66-35(11-9-10-20-60)50(83)67-37(17-19-47(80)81)51(84)70-40(24-32-12-14-33(76)15-13-32)54(87)71-41(25-45(63)78)55(88)69-39(23-30(5)6)57(90)74-48(31(7)8)59(92)93/h12-15,28-31,34-43,48,75-76H,9-11,16-27,60-61H2,1-8H3,(H2,62,77)(H2,63,78)(H2,64,79)(H,65,82)(H,66,86)(H,67,83)(H,68,89)(H,69,88)(H,70,84)(H,71,87)(H,72,91)(H,73,85)(H,74,90)(H,80,81)(H,92,93)/t34-,35-,36-,37-,38-,39-,40-,41-,42-,43-,48-/m0/s1. The fourth-order valence-electron chi connectivity index (χ4n) is 9.19. The van der Waals surface area contributed by atoms with E-state index in [0.29, 0.717) is 0 Å². The molecule has 93 heavy (non-hydrogen) atoms. The van der Waals surface area contributed by atoms with Gasteiger partial charge in [0.2, 0.25) is 76.8 Å². The number of carboxylic acids is 2. The van der Waals surface area contributed by atoms with Crippen LogP contribution in [0.5, 0.6) is 5.75 Å². The lowest BCUT2D eigenvalue weighted by Crippen LogP contribution is -2.61. The molecule has 24 N–H and O–H groups in total. The molecule has 0 aromatic heterocycles. The van der Waals surface area contributed by atoms with Crippen LogP contribution < -0.4 is 81.8 Å². The molecule has 0 fully saturated rings. The average molecular weight is 1320 g/mol. The van der Waals surface area contributed by atoms with Gasteiger partial charge in [0.1, 0.15) is 66.2 Å².